The van der Waals surface area contributed by atoms with Crippen LogP contribution in [-0.2, 0) is 6.54 Å². The topological polar surface area (TPSA) is 72.2 Å². The Hall–Kier alpha value is -2.11. The molecule has 0 aliphatic rings. The Morgan fingerprint density at radius 1 is 1.10 bits per heavy atom. The van der Waals surface area contributed by atoms with Gasteiger partial charge in [-0.05, 0) is 29.8 Å². The monoisotopic (exact) mass is 324 g/mol. The number of rotatable bonds is 4. The van der Waals surface area contributed by atoms with Gasteiger partial charge < -0.3 is 5.32 Å². The number of nitrogens with zero attached hydrogens (tertiary/aromatic N) is 1. The summed E-state index contributed by atoms with van der Waals surface area (Å²) in [5.74, 6) is -0.323. The van der Waals surface area contributed by atoms with Crippen molar-refractivity contribution in [1.29, 1.82) is 0 Å². The van der Waals surface area contributed by atoms with Crippen LogP contribution in [0.3, 0.4) is 0 Å². The summed E-state index contributed by atoms with van der Waals surface area (Å²) in [4.78, 5) is 21.9. The van der Waals surface area contributed by atoms with E-state index in [0.717, 1.165) is 5.56 Å². The Kier molecular flexibility index (Phi) is 4.77. The summed E-state index contributed by atoms with van der Waals surface area (Å²) < 4.78 is 0. The summed E-state index contributed by atoms with van der Waals surface area (Å²) in [6.45, 7) is 0.284. The van der Waals surface area contributed by atoms with Gasteiger partial charge in [-0.3, -0.25) is 14.9 Å². The third-order valence-corrected chi connectivity index (χ3v) is 3.52. The molecule has 0 bridgehead atoms. The zero-order valence-corrected chi connectivity index (χ0v) is 12.2. The summed E-state index contributed by atoms with van der Waals surface area (Å²) in [6.07, 6.45) is 0. The van der Waals surface area contributed by atoms with Gasteiger partial charge in [0.1, 0.15) is 0 Å². The second-order valence-electron chi connectivity index (χ2n) is 4.24. The molecule has 0 aromatic heterocycles. The van der Waals surface area contributed by atoms with E-state index in [1.165, 1.54) is 24.3 Å². The number of hydrogen-bond acceptors (Lipinski definition) is 3. The van der Waals surface area contributed by atoms with Crippen LogP contribution >= 0.6 is 23.2 Å². The fourth-order valence-corrected chi connectivity index (χ4v) is 1.99. The van der Waals surface area contributed by atoms with E-state index in [9.17, 15) is 14.9 Å². The van der Waals surface area contributed by atoms with Crippen LogP contribution in [0.25, 0.3) is 0 Å². The average molecular weight is 325 g/mol. The maximum atomic E-state index is 11.9. The molecule has 0 saturated carbocycles. The van der Waals surface area contributed by atoms with E-state index in [-0.39, 0.29) is 18.1 Å². The molecule has 0 atom stereocenters. The lowest BCUT2D eigenvalue weighted by atomic mass is 10.2. The highest BCUT2D eigenvalue weighted by Crippen LogP contribution is 2.22. The number of carbonyl (C=O) groups is 1. The van der Waals surface area contributed by atoms with Crippen molar-refractivity contribution >= 4 is 34.8 Å². The number of nitrogens with one attached hydrogen (secondary N) is 1. The van der Waals surface area contributed by atoms with Crippen LogP contribution in [0, 0.1) is 10.1 Å². The smallest absolute Gasteiger partial charge is 0.269 e. The first kappa shape index (κ1) is 15.3. The van der Waals surface area contributed by atoms with E-state index in [1.54, 1.807) is 18.2 Å². The van der Waals surface area contributed by atoms with Crippen molar-refractivity contribution in [3.05, 3.63) is 73.8 Å². The van der Waals surface area contributed by atoms with Gasteiger partial charge in [-0.25, -0.2) is 0 Å². The number of benzene rings is 2. The van der Waals surface area contributed by atoms with Gasteiger partial charge in [-0.15, -0.1) is 0 Å². The highest BCUT2D eigenvalue weighted by atomic mass is 35.5. The summed E-state index contributed by atoms with van der Waals surface area (Å²) in [5, 5.41) is 14.1. The molecule has 0 saturated heterocycles. The van der Waals surface area contributed by atoms with Gasteiger partial charge in [-0.1, -0.05) is 29.3 Å². The van der Waals surface area contributed by atoms with Crippen LogP contribution in [0.5, 0.6) is 0 Å². The molecular formula is C14H10Cl2N2O3. The first-order valence-corrected chi connectivity index (χ1v) is 6.69. The fraction of sp³-hybridized carbons (Fsp3) is 0.0714. The van der Waals surface area contributed by atoms with Gasteiger partial charge >= 0.3 is 0 Å². The van der Waals surface area contributed by atoms with Crippen LogP contribution < -0.4 is 5.32 Å². The van der Waals surface area contributed by atoms with Crippen LogP contribution in [0.15, 0.2) is 42.5 Å². The van der Waals surface area contributed by atoms with Crippen molar-refractivity contribution in [2.24, 2.45) is 0 Å². The predicted molar refractivity (Wildman–Crippen MR) is 80.7 cm³/mol. The molecular weight excluding hydrogens is 315 g/mol. The highest BCUT2D eigenvalue weighted by Gasteiger charge is 2.09. The van der Waals surface area contributed by atoms with E-state index < -0.39 is 4.92 Å². The van der Waals surface area contributed by atoms with Crippen molar-refractivity contribution in [2.75, 3.05) is 0 Å². The molecule has 0 aliphatic heterocycles. The Balaban J connectivity index is 2.01. The number of nitro benzene ring substituents is 1. The average Bonchev–Trinajstić information content (AvgIpc) is 2.48. The number of non-ortho nitro benzene ring substituents is 1. The third-order valence-electron chi connectivity index (χ3n) is 2.78. The molecule has 1 N–H and O–H groups in total. The summed E-state index contributed by atoms with van der Waals surface area (Å²) >= 11 is 11.7. The van der Waals surface area contributed by atoms with Crippen LogP contribution in [0.4, 0.5) is 5.69 Å². The lowest BCUT2D eigenvalue weighted by Crippen LogP contribution is -2.22. The maximum Gasteiger partial charge on any atom is 0.269 e. The Labute approximate surface area is 130 Å². The van der Waals surface area contributed by atoms with E-state index in [4.69, 9.17) is 23.2 Å². The molecule has 0 radical (unpaired) electrons. The van der Waals surface area contributed by atoms with Crippen LogP contribution in [0.1, 0.15) is 15.9 Å². The molecule has 7 heteroatoms. The lowest BCUT2D eigenvalue weighted by Gasteiger charge is -2.06. The standard InChI is InChI=1S/C14H10Cl2N2O3/c15-12-6-1-9(7-13(12)16)8-17-14(19)10-2-4-11(5-3-10)18(20)21/h1-7H,8H2,(H,17,19). The molecule has 2 aromatic carbocycles. The normalized spacial score (nSPS) is 10.2. The molecule has 0 fully saturated rings. The number of amides is 1. The molecule has 0 aliphatic carbocycles. The lowest BCUT2D eigenvalue weighted by molar-refractivity contribution is -0.384. The van der Waals surface area contributed by atoms with E-state index in [1.807, 2.05) is 0 Å². The van der Waals surface area contributed by atoms with Gasteiger partial charge in [0.2, 0.25) is 0 Å². The van der Waals surface area contributed by atoms with Crippen molar-refractivity contribution in [1.82, 2.24) is 5.32 Å². The van der Waals surface area contributed by atoms with E-state index in [2.05, 4.69) is 5.32 Å². The number of hydrogen-bond donors (Lipinski definition) is 1. The summed E-state index contributed by atoms with van der Waals surface area (Å²) in [7, 11) is 0. The Bertz CT molecular complexity index is 687. The van der Waals surface area contributed by atoms with Crippen LogP contribution in [-0.4, -0.2) is 10.8 Å². The predicted octanol–water partition coefficient (Wildman–Crippen LogP) is 3.83. The zero-order chi connectivity index (χ0) is 15.4. The van der Waals surface area contributed by atoms with Gasteiger partial charge in [0.15, 0.2) is 0 Å². The fourth-order valence-electron chi connectivity index (χ4n) is 1.67. The van der Waals surface area contributed by atoms with Crippen molar-refractivity contribution in [3.63, 3.8) is 0 Å². The quantitative estimate of drug-likeness (QED) is 0.686. The molecule has 5 nitrogen and oxygen atoms in total. The molecule has 21 heavy (non-hydrogen) atoms. The molecule has 0 spiro atoms. The van der Waals surface area contributed by atoms with Crippen molar-refractivity contribution in [2.45, 2.75) is 6.54 Å². The number of carbonyl (C=O) groups excluding carboxylic acids is 1. The Morgan fingerprint density at radius 3 is 2.33 bits per heavy atom. The molecule has 0 unspecified atom stereocenters. The second kappa shape index (κ2) is 6.56. The first-order valence-electron chi connectivity index (χ1n) is 5.94. The van der Waals surface area contributed by atoms with E-state index in [0.29, 0.717) is 15.6 Å². The minimum atomic E-state index is -0.516. The third kappa shape index (κ3) is 3.93. The van der Waals surface area contributed by atoms with Gasteiger partial charge in [0.05, 0.1) is 15.0 Å². The van der Waals surface area contributed by atoms with Crippen molar-refractivity contribution < 1.29 is 9.72 Å². The number of nitro groups is 1. The SMILES string of the molecule is O=C(NCc1ccc(Cl)c(Cl)c1)c1ccc([N+](=O)[O-])cc1. The van der Waals surface area contributed by atoms with Gasteiger partial charge in [0, 0.05) is 24.2 Å². The van der Waals surface area contributed by atoms with Crippen molar-refractivity contribution in [3.8, 4) is 0 Å². The largest absolute Gasteiger partial charge is 0.348 e. The van der Waals surface area contributed by atoms with Crippen LogP contribution in [0.2, 0.25) is 10.0 Å². The molecule has 108 valence electrons. The zero-order valence-electron chi connectivity index (χ0n) is 10.7. The van der Waals surface area contributed by atoms with Gasteiger partial charge in [0.25, 0.3) is 11.6 Å². The molecule has 2 rings (SSSR count). The number of halogens is 2. The molecule has 0 heterocycles. The summed E-state index contributed by atoms with van der Waals surface area (Å²) in [6, 6.07) is 10.5. The minimum absolute atomic E-state index is 0.0592. The minimum Gasteiger partial charge on any atom is -0.348 e. The first-order chi connectivity index (χ1) is 9.97. The molecule has 1 amide bonds. The maximum absolute atomic E-state index is 11.9. The highest BCUT2D eigenvalue weighted by molar-refractivity contribution is 6.42. The second-order valence-corrected chi connectivity index (χ2v) is 5.05. The molecule has 2 aromatic rings. The van der Waals surface area contributed by atoms with E-state index >= 15 is 0 Å². The Morgan fingerprint density at radius 2 is 1.76 bits per heavy atom. The summed E-state index contributed by atoms with van der Waals surface area (Å²) in [5.41, 5.74) is 1.09. The van der Waals surface area contributed by atoms with Gasteiger partial charge in [-0.2, -0.15) is 0 Å².